The number of halogens is 1. The lowest BCUT2D eigenvalue weighted by Gasteiger charge is -2.52. The van der Waals surface area contributed by atoms with Crippen LogP contribution in [0.25, 0.3) is 0 Å². The fourth-order valence-corrected chi connectivity index (χ4v) is 8.47. The summed E-state index contributed by atoms with van der Waals surface area (Å²) in [6.07, 6.45) is 3.32. The summed E-state index contributed by atoms with van der Waals surface area (Å²) in [4.78, 5) is 44.4. The number of amides is 2. The molecule has 2 bridgehead atoms. The third-order valence-electron chi connectivity index (χ3n) is 9.50. The monoisotopic (exact) mass is 683 g/mol. The molecule has 2 amide bonds. The molecule has 3 aliphatic carbocycles. The molecule has 48 heavy (non-hydrogen) atoms. The fraction of sp³-hybridized carbons (Fsp3) is 0.485. The van der Waals surface area contributed by atoms with E-state index in [-0.39, 0.29) is 36.3 Å². The van der Waals surface area contributed by atoms with Crippen LogP contribution in [0.3, 0.4) is 0 Å². The van der Waals surface area contributed by atoms with Crippen molar-refractivity contribution in [2.75, 3.05) is 17.3 Å². The van der Waals surface area contributed by atoms with Gasteiger partial charge in [0.05, 0.1) is 47.2 Å². The van der Waals surface area contributed by atoms with Gasteiger partial charge in [-0.3, -0.25) is 9.59 Å². The predicted octanol–water partition coefficient (Wildman–Crippen LogP) is 3.59. The van der Waals surface area contributed by atoms with Crippen molar-refractivity contribution in [1.29, 1.82) is 0 Å². The number of fused-ring (bicyclic) bond motifs is 4. The second-order valence-corrected chi connectivity index (χ2v) is 15.1. The van der Waals surface area contributed by atoms with Crippen molar-refractivity contribution in [2.24, 2.45) is 5.73 Å². The summed E-state index contributed by atoms with van der Waals surface area (Å²) in [5.74, 6) is -2.94. The molecule has 1 aliphatic heterocycles. The largest absolute Gasteiger partial charge is 0.491 e. The summed E-state index contributed by atoms with van der Waals surface area (Å²) in [6, 6.07) is 7.50. The molecular weight excluding hydrogens is 645 g/mol. The quantitative estimate of drug-likeness (QED) is 0.314. The molecule has 0 unspecified atom stereocenters. The van der Waals surface area contributed by atoms with Gasteiger partial charge in [0, 0.05) is 11.0 Å². The number of nitrogens with two attached hydrogens (primary N) is 1. The Bertz CT molecular complexity index is 1830. The zero-order valence-corrected chi connectivity index (χ0v) is 27.8. The molecule has 2 aromatic carbocycles. The highest BCUT2D eigenvalue weighted by Gasteiger charge is 2.53. The number of hydrogen-bond acceptors (Lipinski definition) is 11. The van der Waals surface area contributed by atoms with Crippen molar-refractivity contribution in [3.63, 3.8) is 0 Å². The van der Waals surface area contributed by atoms with Gasteiger partial charge in [0.25, 0.3) is 11.7 Å². The maximum absolute atomic E-state index is 15.7. The number of rotatable bonds is 9. The van der Waals surface area contributed by atoms with Gasteiger partial charge in [0.2, 0.25) is 11.8 Å². The average Bonchev–Trinajstić information content (AvgIpc) is 3.54. The van der Waals surface area contributed by atoms with Gasteiger partial charge in [0.1, 0.15) is 11.6 Å². The van der Waals surface area contributed by atoms with E-state index in [0.29, 0.717) is 55.7 Å². The average molecular weight is 684 g/mol. The lowest BCUT2D eigenvalue weighted by Crippen LogP contribution is -2.58. The Hall–Kier alpha value is -4.37. The zero-order valence-electron chi connectivity index (χ0n) is 27.0. The lowest BCUT2D eigenvalue weighted by atomic mass is 9.57. The van der Waals surface area contributed by atoms with Crippen molar-refractivity contribution in [3.8, 4) is 5.75 Å². The van der Waals surface area contributed by atoms with E-state index in [1.54, 1.807) is 31.2 Å². The number of nitrogens with one attached hydrogen (secondary N) is 1. The van der Waals surface area contributed by atoms with E-state index in [1.165, 1.54) is 4.90 Å². The minimum atomic E-state index is -4.18. The predicted molar refractivity (Wildman–Crippen MR) is 170 cm³/mol. The van der Waals surface area contributed by atoms with Gasteiger partial charge in [-0.1, -0.05) is 12.1 Å². The summed E-state index contributed by atoms with van der Waals surface area (Å²) in [5.41, 5.74) is 5.09. The van der Waals surface area contributed by atoms with Crippen LogP contribution >= 0.6 is 0 Å². The molecular formula is C33H38FN5O8S. The van der Waals surface area contributed by atoms with E-state index in [4.69, 9.17) is 19.7 Å². The maximum atomic E-state index is 15.7. The third kappa shape index (κ3) is 6.28. The Morgan fingerprint density at radius 1 is 1.12 bits per heavy atom. The van der Waals surface area contributed by atoms with Gasteiger partial charge in [-0.2, -0.15) is 4.98 Å². The maximum Gasteiger partial charge on any atom is 0.379 e. The first-order valence-corrected chi connectivity index (χ1v) is 17.6. The molecule has 1 aromatic heterocycles. The summed E-state index contributed by atoms with van der Waals surface area (Å²) >= 11 is 0. The van der Waals surface area contributed by atoms with Crippen molar-refractivity contribution < 1.29 is 41.2 Å². The van der Waals surface area contributed by atoms with Crippen molar-refractivity contribution in [3.05, 3.63) is 65.1 Å². The SMILES string of the molecule is CCOC(=O)c1noc(C23CCC(NC(=O)c4cc5c(cc4F)S(=O)(=O)C[C@H](N)C(=O)N5Cc4ccc(OC(C)C)cc4)(CC2)CC3)n1. The van der Waals surface area contributed by atoms with Crippen LogP contribution in [-0.4, -0.2) is 66.4 Å². The first-order valence-electron chi connectivity index (χ1n) is 16.0. The normalized spacial score (nSPS) is 24.6. The van der Waals surface area contributed by atoms with Gasteiger partial charge >= 0.3 is 5.97 Å². The Morgan fingerprint density at radius 2 is 1.79 bits per heavy atom. The minimum Gasteiger partial charge on any atom is -0.491 e. The molecule has 2 heterocycles. The summed E-state index contributed by atoms with van der Waals surface area (Å²) in [5, 5.41) is 6.81. The molecule has 0 radical (unpaired) electrons. The molecule has 256 valence electrons. The third-order valence-corrected chi connectivity index (χ3v) is 11.3. The van der Waals surface area contributed by atoms with Crippen molar-refractivity contribution >= 4 is 33.3 Å². The Kier molecular flexibility index (Phi) is 8.79. The number of benzene rings is 2. The molecule has 3 fully saturated rings. The van der Waals surface area contributed by atoms with Crippen LogP contribution in [0, 0.1) is 5.82 Å². The number of esters is 1. The molecule has 1 atom stereocenters. The smallest absolute Gasteiger partial charge is 0.379 e. The molecule has 4 aliphatic rings. The van der Waals surface area contributed by atoms with E-state index in [1.807, 2.05) is 13.8 Å². The van der Waals surface area contributed by atoms with E-state index < -0.39 is 61.1 Å². The van der Waals surface area contributed by atoms with Gasteiger partial charge in [-0.05, 0) is 94.3 Å². The highest BCUT2D eigenvalue weighted by molar-refractivity contribution is 7.91. The molecule has 0 spiro atoms. The van der Waals surface area contributed by atoms with Gasteiger partial charge < -0.3 is 29.9 Å². The topological polar surface area (TPSA) is 184 Å². The van der Waals surface area contributed by atoms with E-state index in [0.717, 1.165) is 12.1 Å². The van der Waals surface area contributed by atoms with Crippen molar-refractivity contribution in [2.45, 2.75) is 93.8 Å². The van der Waals surface area contributed by atoms with Crippen LogP contribution in [0.2, 0.25) is 0 Å². The number of ether oxygens (including phenoxy) is 2. The highest BCUT2D eigenvalue weighted by atomic mass is 32.2. The minimum absolute atomic E-state index is 0.0433. The number of carbonyl (C=O) groups is 3. The number of sulfone groups is 1. The molecule has 0 saturated heterocycles. The highest BCUT2D eigenvalue weighted by Crippen LogP contribution is 2.53. The number of aromatic nitrogens is 2. The molecule has 3 N–H and O–H groups in total. The number of hydrogen-bond donors (Lipinski definition) is 2. The second kappa shape index (κ2) is 12.6. The van der Waals surface area contributed by atoms with Crippen LogP contribution in [0.15, 0.2) is 45.8 Å². The van der Waals surface area contributed by atoms with E-state index in [2.05, 4.69) is 15.5 Å². The van der Waals surface area contributed by atoms with Crippen LogP contribution in [-0.2, 0) is 31.3 Å². The van der Waals surface area contributed by atoms with Crippen molar-refractivity contribution in [1.82, 2.24) is 15.5 Å². The molecule has 7 rings (SSSR count). The number of anilines is 1. The summed E-state index contributed by atoms with van der Waals surface area (Å²) in [7, 11) is -4.18. The molecule has 3 saturated carbocycles. The molecule has 13 nitrogen and oxygen atoms in total. The van der Waals surface area contributed by atoms with Crippen LogP contribution in [0.5, 0.6) is 5.75 Å². The number of nitrogens with zero attached hydrogens (tertiary/aromatic N) is 3. The van der Waals surface area contributed by atoms with Crippen LogP contribution in [0.1, 0.15) is 91.7 Å². The summed E-state index contributed by atoms with van der Waals surface area (Å²) < 4.78 is 58.3. The van der Waals surface area contributed by atoms with Crippen LogP contribution < -0.4 is 20.7 Å². The second-order valence-electron chi connectivity index (χ2n) is 13.1. The van der Waals surface area contributed by atoms with E-state index >= 15 is 4.39 Å². The van der Waals surface area contributed by atoms with Crippen LogP contribution in [0.4, 0.5) is 10.1 Å². The Morgan fingerprint density at radius 3 is 2.42 bits per heavy atom. The first-order chi connectivity index (χ1) is 22.7. The lowest BCUT2D eigenvalue weighted by molar-refractivity contribution is -0.119. The standard InChI is InChI=1S/C33H38FN5O8S/c1-4-45-30(42)27-36-31(47-38-27)32-9-12-33(13-10-32,14-11-32)37-28(40)22-15-25-26(16-23(22)34)48(43,44)18-24(35)29(41)39(25)17-20-5-7-21(8-6-20)46-19(2)3/h5-8,15-16,19,24H,4,9-14,17-18,35H2,1-3H3,(H,37,40)/t24-,32?,33?/m0/s1. The Labute approximate surface area is 277 Å². The molecule has 15 heteroatoms. The first kappa shape index (κ1) is 33.5. The van der Waals surface area contributed by atoms with Gasteiger partial charge in [0.15, 0.2) is 9.84 Å². The van der Waals surface area contributed by atoms with E-state index in [9.17, 15) is 22.8 Å². The van der Waals surface area contributed by atoms with Gasteiger partial charge in [-0.25, -0.2) is 17.6 Å². The summed E-state index contributed by atoms with van der Waals surface area (Å²) in [6.45, 7) is 5.58. The number of carbonyl (C=O) groups excluding carboxylic acids is 3. The molecule has 3 aromatic rings. The van der Waals surface area contributed by atoms with Gasteiger partial charge in [-0.15, -0.1) is 0 Å². The zero-order chi connectivity index (χ0) is 34.4. The fourth-order valence-electron chi connectivity index (χ4n) is 6.90. The Balaban J connectivity index is 1.25.